The topological polar surface area (TPSA) is 53.0 Å². The van der Waals surface area contributed by atoms with Crippen LogP contribution < -0.4 is 0 Å². The van der Waals surface area contributed by atoms with Crippen molar-refractivity contribution in [3.8, 4) is 0 Å². The summed E-state index contributed by atoms with van der Waals surface area (Å²) in [4.78, 5) is 10.9. The van der Waals surface area contributed by atoms with Crippen molar-refractivity contribution >= 4 is 6.09 Å². The summed E-state index contributed by atoms with van der Waals surface area (Å²) in [5, 5.41) is 11.7. The van der Waals surface area contributed by atoms with Gasteiger partial charge in [0.1, 0.15) is 6.26 Å². The molecule has 0 atom stereocenters. The van der Waals surface area contributed by atoms with Crippen LogP contribution in [-0.4, -0.2) is 33.5 Å². The van der Waals surface area contributed by atoms with E-state index in [1.807, 2.05) is 20.8 Å². The Kier molecular flexibility index (Phi) is 2.36. The molecular formula is C8H14N2O3. The number of rotatable bonds is 1. The Balaban J connectivity index is 2.79. The lowest BCUT2D eigenvalue weighted by atomic mass is 10.1. The SMILES string of the molecule is CC(C)(C)N(C(=O)O)N1C=COC1. The predicted octanol–water partition coefficient (Wildman–Crippen LogP) is 1.44. The van der Waals surface area contributed by atoms with Gasteiger partial charge in [-0.1, -0.05) is 0 Å². The molecule has 0 saturated heterocycles. The Bertz CT molecular complexity index is 232. The van der Waals surface area contributed by atoms with Crippen molar-refractivity contribution < 1.29 is 14.6 Å². The van der Waals surface area contributed by atoms with Crippen LogP contribution in [-0.2, 0) is 4.74 Å². The molecule has 0 spiro atoms. The Hall–Kier alpha value is -1.39. The minimum atomic E-state index is -0.984. The van der Waals surface area contributed by atoms with Crippen LogP contribution in [0.4, 0.5) is 4.79 Å². The molecule has 0 aromatic carbocycles. The van der Waals surface area contributed by atoms with E-state index in [2.05, 4.69) is 0 Å². The van der Waals surface area contributed by atoms with Gasteiger partial charge in [0.05, 0.1) is 11.7 Å². The van der Waals surface area contributed by atoms with Crippen LogP contribution in [0, 0.1) is 0 Å². The third-order valence-corrected chi connectivity index (χ3v) is 1.61. The van der Waals surface area contributed by atoms with Crippen molar-refractivity contribution in [1.29, 1.82) is 0 Å². The molecule has 0 radical (unpaired) electrons. The molecule has 0 aromatic rings. The molecule has 0 fully saturated rings. The smallest absolute Gasteiger partial charge is 0.426 e. The predicted molar refractivity (Wildman–Crippen MR) is 46.5 cm³/mol. The third kappa shape index (κ3) is 2.05. The highest BCUT2D eigenvalue weighted by Crippen LogP contribution is 2.19. The zero-order valence-electron chi connectivity index (χ0n) is 8.02. The van der Waals surface area contributed by atoms with Crippen LogP contribution in [0.2, 0.25) is 0 Å². The third-order valence-electron chi connectivity index (χ3n) is 1.61. The van der Waals surface area contributed by atoms with E-state index in [1.54, 1.807) is 6.20 Å². The molecule has 1 amide bonds. The molecule has 74 valence electrons. The largest absolute Gasteiger partial charge is 0.477 e. The molecule has 5 heteroatoms. The number of nitrogens with zero attached hydrogens (tertiary/aromatic N) is 2. The molecule has 0 bridgehead atoms. The quantitative estimate of drug-likeness (QED) is 0.673. The minimum Gasteiger partial charge on any atom is -0.477 e. The summed E-state index contributed by atoms with van der Waals surface area (Å²) >= 11 is 0. The zero-order valence-corrected chi connectivity index (χ0v) is 8.02. The molecule has 1 heterocycles. The summed E-state index contributed by atoms with van der Waals surface area (Å²) in [5.41, 5.74) is -0.468. The molecule has 0 saturated carbocycles. The van der Waals surface area contributed by atoms with Gasteiger partial charge in [0, 0.05) is 0 Å². The van der Waals surface area contributed by atoms with Gasteiger partial charge in [0.25, 0.3) is 0 Å². The second-order valence-corrected chi connectivity index (χ2v) is 3.79. The van der Waals surface area contributed by atoms with Gasteiger partial charge >= 0.3 is 6.09 Å². The van der Waals surface area contributed by atoms with Crippen molar-refractivity contribution in [2.45, 2.75) is 26.3 Å². The summed E-state index contributed by atoms with van der Waals surface area (Å²) in [7, 11) is 0. The highest BCUT2D eigenvalue weighted by atomic mass is 16.5. The van der Waals surface area contributed by atoms with Gasteiger partial charge in [0.2, 0.25) is 0 Å². The second kappa shape index (κ2) is 3.16. The first-order valence-corrected chi connectivity index (χ1v) is 4.01. The fourth-order valence-corrected chi connectivity index (χ4v) is 1.18. The average Bonchev–Trinajstić information content (AvgIpc) is 2.34. The minimum absolute atomic E-state index is 0.254. The van der Waals surface area contributed by atoms with Gasteiger partial charge in [-0.25, -0.2) is 14.8 Å². The summed E-state index contributed by atoms with van der Waals surface area (Å²) in [6.45, 7) is 5.73. The number of hydrazine groups is 1. The van der Waals surface area contributed by atoms with E-state index in [4.69, 9.17) is 9.84 Å². The fourth-order valence-electron chi connectivity index (χ4n) is 1.18. The maximum absolute atomic E-state index is 10.9. The number of carboxylic acid groups (broad SMARTS) is 1. The van der Waals surface area contributed by atoms with Gasteiger partial charge in [-0.05, 0) is 20.8 Å². The van der Waals surface area contributed by atoms with Gasteiger partial charge in [0.15, 0.2) is 6.73 Å². The molecule has 5 nitrogen and oxygen atoms in total. The maximum atomic E-state index is 10.9. The van der Waals surface area contributed by atoms with Crippen molar-refractivity contribution in [2.24, 2.45) is 0 Å². The van der Waals surface area contributed by atoms with Gasteiger partial charge in [-0.2, -0.15) is 0 Å². The van der Waals surface area contributed by atoms with Crippen molar-refractivity contribution in [3.63, 3.8) is 0 Å². The van der Waals surface area contributed by atoms with E-state index < -0.39 is 11.6 Å². The van der Waals surface area contributed by atoms with Crippen LogP contribution in [0.25, 0.3) is 0 Å². The lowest BCUT2D eigenvalue weighted by Crippen LogP contribution is -2.53. The van der Waals surface area contributed by atoms with Crippen LogP contribution in [0.3, 0.4) is 0 Å². The molecule has 1 rings (SSSR count). The Morgan fingerprint density at radius 2 is 2.23 bits per heavy atom. The van der Waals surface area contributed by atoms with Crippen LogP contribution in [0.1, 0.15) is 20.8 Å². The fraction of sp³-hybridized carbons (Fsp3) is 0.625. The number of hydrogen-bond donors (Lipinski definition) is 1. The first kappa shape index (κ1) is 9.70. The first-order valence-electron chi connectivity index (χ1n) is 4.01. The standard InChI is InChI=1S/C8H14N2O3/c1-8(2,3)10(7(11)12)9-4-5-13-6-9/h4-5H,6H2,1-3H3,(H,11,12). The number of amides is 1. The molecular weight excluding hydrogens is 172 g/mol. The number of hydrogen-bond acceptors (Lipinski definition) is 3. The number of ether oxygens (including phenoxy) is 1. The highest BCUT2D eigenvalue weighted by Gasteiger charge is 2.31. The summed E-state index contributed by atoms with van der Waals surface area (Å²) < 4.78 is 4.92. The van der Waals surface area contributed by atoms with Gasteiger partial charge in [-0.15, -0.1) is 0 Å². The van der Waals surface area contributed by atoms with Crippen LogP contribution in [0.5, 0.6) is 0 Å². The van der Waals surface area contributed by atoms with E-state index in [9.17, 15) is 4.79 Å². The maximum Gasteiger partial charge on any atom is 0.426 e. The lowest BCUT2D eigenvalue weighted by Gasteiger charge is -2.38. The summed E-state index contributed by atoms with van der Waals surface area (Å²) in [6, 6.07) is 0. The van der Waals surface area contributed by atoms with E-state index in [0.29, 0.717) is 0 Å². The number of carbonyl (C=O) groups is 1. The molecule has 0 unspecified atom stereocenters. The summed E-state index contributed by atoms with van der Waals surface area (Å²) in [5.74, 6) is 0. The zero-order chi connectivity index (χ0) is 10.1. The Morgan fingerprint density at radius 3 is 2.54 bits per heavy atom. The molecule has 1 N–H and O–H groups in total. The van der Waals surface area contributed by atoms with E-state index >= 15 is 0 Å². The van der Waals surface area contributed by atoms with Crippen molar-refractivity contribution in [1.82, 2.24) is 10.0 Å². The van der Waals surface area contributed by atoms with E-state index in [-0.39, 0.29) is 6.73 Å². The average molecular weight is 186 g/mol. The first-order chi connectivity index (χ1) is 5.93. The Labute approximate surface area is 77.2 Å². The highest BCUT2D eigenvalue weighted by molar-refractivity contribution is 5.65. The van der Waals surface area contributed by atoms with Gasteiger partial charge < -0.3 is 9.84 Å². The Morgan fingerprint density at radius 1 is 1.62 bits per heavy atom. The van der Waals surface area contributed by atoms with E-state index in [1.165, 1.54) is 16.3 Å². The monoisotopic (exact) mass is 186 g/mol. The molecule has 1 aliphatic rings. The van der Waals surface area contributed by atoms with Crippen molar-refractivity contribution in [2.75, 3.05) is 6.73 Å². The normalized spacial score (nSPS) is 15.8. The van der Waals surface area contributed by atoms with Crippen LogP contribution in [0.15, 0.2) is 12.5 Å². The van der Waals surface area contributed by atoms with Gasteiger partial charge in [-0.3, -0.25) is 0 Å². The molecule has 13 heavy (non-hydrogen) atoms. The molecule has 0 aromatic heterocycles. The lowest BCUT2D eigenvalue weighted by molar-refractivity contribution is -0.0596. The van der Waals surface area contributed by atoms with E-state index in [0.717, 1.165) is 0 Å². The van der Waals surface area contributed by atoms with Crippen LogP contribution >= 0.6 is 0 Å². The molecule has 1 aliphatic heterocycles. The molecule has 0 aliphatic carbocycles. The summed E-state index contributed by atoms with van der Waals surface area (Å²) in [6.07, 6.45) is 2.09. The second-order valence-electron chi connectivity index (χ2n) is 3.79. The van der Waals surface area contributed by atoms with Crippen molar-refractivity contribution in [3.05, 3.63) is 12.5 Å².